The molecular weight excluding hydrogens is 460 g/mol. The van der Waals surface area contributed by atoms with Crippen molar-refractivity contribution in [3.63, 3.8) is 0 Å². The second-order valence-corrected chi connectivity index (χ2v) is 8.64. The number of fused-ring (bicyclic) bond motifs is 2. The van der Waals surface area contributed by atoms with Crippen LogP contribution in [-0.4, -0.2) is 25.8 Å². The molecule has 37 heavy (non-hydrogen) atoms. The molecule has 7 heteroatoms. The van der Waals surface area contributed by atoms with Gasteiger partial charge < -0.3 is 11.1 Å². The van der Waals surface area contributed by atoms with Crippen LogP contribution in [0.4, 0.5) is 5.69 Å². The van der Waals surface area contributed by atoms with Crippen LogP contribution in [0, 0.1) is 0 Å². The molecule has 6 rings (SSSR count). The minimum atomic E-state index is -0.317. The van der Waals surface area contributed by atoms with Gasteiger partial charge in [0.25, 0.3) is 5.91 Å². The molecule has 0 unspecified atom stereocenters. The van der Waals surface area contributed by atoms with E-state index in [4.69, 9.17) is 4.98 Å². The molecule has 7 nitrogen and oxygen atoms in total. The molecule has 1 amide bonds. The van der Waals surface area contributed by atoms with Gasteiger partial charge in [0, 0.05) is 46.4 Å². The molecule has 178 valence electrons. The summed E-state index contributed by atoms with van der Waals surface area (Å²) in [6.45, 7) is 0.727. The van der Waals surface area contributed by atoms with Gasteiger partial charge in [-0.2, -0.15) is 0 Å². The second-order valence-electron chi connectivity index (χ2n) is 8.64. The van der Waals surface area contributed by atoms with E-state index in [2.05, 4.69) is 50.3 Å². The van der Waals surface area contributed by atoms with E-state index in [1.54, 1.807) is 30.7 Å². The van der Waals surface area contributed by atoms with E-state index in [1.807, 2.05) is 48.5 Å². The van der Waals surface area contributed by atoms with E-state index < -0.39 is 0 Å². The number of nitrogens with zero attached hydrogens (tertiary/aromatic N) is 4. The largest absolute Gasteiger partial charge is 0.354 e. The zero-order valence-electron chi connectivity index (χ0n) is 19.9. The van der Waals surface area contributed by atoms with Crippen molar-refractivity contribution in [3.05, 3.63) is 115 Å². The Morgan fingerprint density at radius 3 is 2.30 bits per heavy atom. The molecule has 0 atom stereocenters. The van der Waals surface area contributed by atoms with E-state index in [1.165, 1.54) is 0 Å². The van der Waals surface area contributed by atoms with Crippen molar-refractivity contribution in [3.8, 4) is 22.4 Å². The number of benzene rings is 3. The lowest BCUT2D eigenvalue weighted by atomic mass is 9.96. The molecule has 3 aromatic heterocycles. The van der Waals surface area contributed by atoms with Gasteiger partial charge in [-0.05, 0) is 35.9 Å². The van der Waals surface area contributed by atoms with Crippen molar-refractivity contribution in [2.45, 2.75) is 6.54 Å². The minimum Gasteiger partial charge on any atom is -0.354 e. The number of anilines is 1. The predicted octanol–water partition coefficient (Wildman–Crippen LogP) is 4.90. The van der Waals surface area contributed by atoms with Gasteiger partial charge in [-0.3, -0.25) is 19.7 Å². The number of hydrogen-bond donors (Lipinski definition) is 2. The summed E-state index contributed by atoms with van der Waals surface area (Å²) >= 11 is 0. The third-order valence-corrected chi connectivity index (χ3v) is 6.29. The molecule has 4 N–H and O–H groups in total. The van der Waals surface area contributed by atoms with Crippen LogP contribution >= 0.6 is 0 Å². The van der Waals surface area contributed by atoms with Crippen molar-refractivity contribution >= 4 is 33.5 Å². The van der Waals surface area contributed by atoms with Crippen LogP contribution in [0.25, 0.3) is 44.3 Å². The maximum absolute atomic E-state index is 13.4. The Labute approximate surface area is 213 Å². The number of carbonyl (C=O) groups is 1. The van der Waals surface area contributed by atoms with E-state index in [9.17, 15) is 4.79 Å². The van der Waals surface area contributed by atoms with E-state index in [-0.39, 0.29) is 5.91 Å². The van der Waals surface area contributed by atoms with E-state index in [0.717, 1.165) is 40.0 Å². The Hall–Kier alpha value is -5.01. The summed E-state index contributed by atoms with van der Waals surface area (Å²) in [5, 5.41) is 3.64. The topological polar surface area (TPSA) is 108 Å². The maximum Gasteiger partial charge on any atom is 0.274 e. The Bertz CT molecular complexity index is 1750. The zero-order chi connectivity index (χ0) is 25.2. The number of carbonyl (C=O) groups excluding carboxylic acids is 1. The highest BCUT2D eigenvalue weighted by molar-refractivity contribution is 6.12. The first-order valence-corrected chi connectivity index (χ1v) is 12.0. The Kier molecular flexibility index (Phi) is 5.80. The van der Waals surface area contributed by atoms with Crippen molar-refractivity contribution in [2.24, 2.45) is 0 Å². The first kappa shape index (κ1) is 22.5. The first-order valence-electron chi connectivity index (χ1n) is 12.0. The van der Waals surface area contributed by atoms with Gasteiger partial charge in [0.05, 0.1) is 28.8 Å². The molecule has 0 spiro atoms. The summed E-state index contributed by atoms with van der Waals surface area (Å²) in [6.07, 6.45) is 4.89. The highest BCUT2D eigenvalue weighted by Crippen LogP contribution is 2.34. The third-order valence-electron chi connectivity index (χ3n) is 6.29. The van der Waals surface area contributed by atoms with Crippen LogP contribution in [0.5, 0.6) is 0 Å². The van der Waals surface area contributed by atoms with Crippen LogP contribution in [0.3, 0.4) is 0 Å². The van der Waals surface area contributed by atoms with Crippen LogP contribution < -0.4 is 11.1 Å². The number of rotatable bonds is 5. The summed E-state index contributed by atoms with van der Waals surface area (Å²) in [5.74, 6) is -0.317. The van der Waals surface area contributed by atoms with E-state index in [0.29, 0.717) is 27.8 Å². The maximum atomic E-state index is 13.4. The Morgan fingerprint density at radius 2 is 1.51 bits per heavy atom. The van der Waals surface area contributed by atoms with Crippen molar-refractivity contribution in [1.82, 2.24) is 19.9 Å². The van der Waals surface area contributed by atoms with Gasteiger partial charge in [0.1, 0.15) is 5.69 Å². The molecule has 6 aromatic rings. The summed E-state index contributed by atoms with van der Waals surface area (Å²) in [7, 11) is 0. The lowest BCUT2D eigenvalue weighted by molar-refractivity contribution is -0.386. The quantitative estimate of drug-likeness (QED) is 0.363. The fourth-order valence-corrected chi connectivity index (χ4v) is 4.40. The van der Waals surface area contributed by atoms with Crippen LogP contribution in [-0.2, 0) is 6.54 Å². The minimum absolute atomic E-state index is 0.306. The smallest absolute Gasteiger partial charge is 0.274 e. The summed E-state index contributed by atoms with van der Waals surface area (Å²) in [6, 6.07) is 27.6. The SMILES string of the molecule is [NH3+]Cc1ccc(-c2nc3ccnc(C(=O)Nc4ccc5nccnc5c4)c3cc2-c2ccccc2)cc1. The third kappa shape index (κ3) is 4.39. The molecular formula is C30H23N6O+. The zero-order valence-corrected chi connectivity index (χ0v) is 19.9. The Morgan fingerprint density at radius 1 is 0.730 bits per heavy atom. The average molecular weight is 484 g/mol. The molecule has 0 aliphatic rings. The fraction of sp³-hybridized carbons (Fsp3) is 0.0333. The fourth-order valence-electron chi connectivity index (χ4n) is 4.40. The van der Waals surface area contributed by atoms with Gasteiger partial charge in [0.15, 0.2) is 0 Å². The van der Waals surface area contributed by atoms with Crippen LogP contribution in [0.15, 0.2) is 104 Å². The highest BCUT2D eigenvalue weighted by atomic mass is 16.1. The summed E-state index contributed by atoms with van der Waals surface area (Å²) in [4.78, 5) is 31.5. The molecule has 0 aliphatic heterocycles. The molecule has 0 aliphatic carbocycles. The monoisotopic (exact) mass is 483 g/mol. The van der Waals surface area contributed by atoms with E-state index >= 15 is 0 Å². The number of amides is 1. The van der Waals surface area contributed by atoms with Gasteiger partial charge in [-0.25, -0.2) is 4.98 Å². The molecule has 3 aromatic carbocycles. The number of pyridine rings is 2. The van der Waals surface area contributed by atoms with Gasteiger partial charge >= 0.3 is 0 Å². The Balaban J connectivity index is 1.46. The number of hydrogen-bond acceptors (Lipinski definition) is 5. The van der Waals surface area contributed by atoms with Gasteiger partial charge in [-0.1, -0.05) is 54.6 Å². The molecule has 0 saturated carbocycles. The van der Waals surface area contributed by atoms with Crippen molar-refractivity contribution < 1.29 is 10.5 Å². The van der Waals surface area contributed by atoms with Gasteiger partial charge in [0.2, 0.25) is 0 Å². The molecule has 0 radical (unpaired) electrons. The summed E-state index contributed by atoms with van der Waals surface area (Å²) in [5.41, 5.74) is 12.0. The normalized spacial score (nSPS) is 11.1. The second kappa shape index (κ2) is 9.56. The van der Waals surface area contributed by atoms with Crippen LogP contribution in [0.2, 0.25) is 0 Å². The average Bonchev–Trinajstić information content (AvgIpc) is 2.96. The van der Waals surface area contributed by atoms with Gasteiger partial charge in [-0.15, -0.1) is 0 Å². The number of nitrogens with one attached hydrogen (secondary N) is 1. The molecule has 3 heterocycles. The standard InChI is InChI=1S/C30H22N6O/c31-18-19-6-8-21(9-7-19)28-23(20-4-2-1-3-5-20)17-24-25(36-28)12-13-34-29(24)30(37)35-22-10-11-26-27(16-22)33-15-14-32-26/h1-17H,18,31H2,(H,35,37)/p+1. The lowest BCUT2D eigenvalue weighted by Gasteiger charge is -2.14. The number of quaternary nitrogens is 1. The predicted molar refractivity (Wildman–Crippen MR) is 144 cm³/mol. The summed E-state index contributed by atoms with van der Waals surface area (Å²) < 4.78 is 0. The van der Waals surface area contributed by atoms with Crippen LogP contribution in [0.1, 0.15) is 16.1 Å². The molecule has 0 fully saturated rings. The van der Waals surface area contributed by atoms with Crippen molar-refractivity contribution in [1.29, 1.82) is 0 Å². The molecule has 0 saturated heterocycles. The number of aromatic nitrogens is 4. The highest BCUT2D eigenvalue weighted by Gasteiger charge is 2.18. The first-order chi connectivity index (χ1) is 18.2. The molecule has 0 bridgehead atoms. The van der Waals surface area contributed by atoms with Crippen molar-refractivity contribution in [2.75, 3.05) is 5.32 Å². The lowest BCUT2D eigenvalue weighted by Crippen LogP contribution is -2.47.